The number of H-pyrrole nitrogens is 1. The van der Waals surface area contributed by atoms with E-state index in [2.05, 4.69) is 0 Å². The Hall–Kier alpha value is -0.290. The van der Waals surface area contributed by atoms with Gasteiger partial charge in [0.25, 0.3) is 11.5 Å². The van der Waals surface area contributed by atoms with Crippen molar-refractivity contribution in [2.75, 3.05) is 13.0 Å². The average Bonchev–Trinajstić information content (AvgIpc) is 2.73. The number of aliphatic hydroxyl groups is 1. The first-order valence-electron chi connectivity index (χ1n) is 5.96. The monoisotopic (exact) mass is 345 g/mol. The molecule has 1 aromatic heterocycles. The number of rotatable bonds is 4. The second-order valence-electron chi connectivity index (χ2n) is 4.78. The summed E-state index contributed by atoms with van der Waals surface area (Å²) >= 11 is 0. The van der Waals surface area contributed by atoms with E-state index >= 15 is 0 Å². The molecule has 10 nitrogen and oxygen atoms in total. The fourth-order valence-electron chi connectivity index (χ4n) is 1.94. The molecule has 1 fully saturated rings. The number of nitrogens with one attached hydrogen (secondary N) is 1. The topological polar surface area (TPSA) is 151 Å². The minimum absolute atomic E-state index is 0. The first-order chi connectivity index (χ1) is 9.61. The molecule has 2 rings (SSSR count). The Bertz CT molecular complexity index is 697. The van der Waals surface area contributed by atoms with Crippen LogP contribution in [0.15, 0.2) is 15.8 Å². The van der Waals surface area contributed by atoms with Crippen LogP contribution in [0.25, 0.3) is 0 Å². The van der Waals surface area contributed by atoms with Crippen molar-refractivity contribution in [3.63, 3.8) is 0 Å². The molecule has 1 unspecified atom stereocenters. The van der Waals surface area contributed by atoms with Crippen molar-refractivity contribution in [2.45, 2.75) is 25.4 Å². The van der Waals surface area contributed by atoms with Gasteiger partial charge in [-0.1, -0.05) is 0 Å². The van der Waals surface area contributed by atoms with Crippen molar-refractivity contribution in [3.05, 3.63) is 32.6 Å². The third kappa shape index (κ3) is 4.60. The van der Waals surface area contributed by atoms with Crippen molar-refractivity contribution >= 4 is 37.2 Å². The van der Waals surface area contributed by atoms with Crippen molar-refractivity contribution in [1.82, 2.24) is 9.55 Å². The second-order valence-corrected chi connectivity index (χ2v) is 6.37. The minimum Gasteiger partial charge on any atom is -0.363 e. The van der Waals surface area contributed by atoms with E-state index in [1.165, 1.54) is 6.92 Å². The van der Waals surface area contributed by atoms with Gasteiger partial charge in [0.05, 0.1) is 19.1 Å². The Balaban J connectivity index is 0.00000242. The van der Waals surface area contributed by atoms with Crippen molar-refractivity contribution in [3.8, 4) is 0 Å². The Kier molecular flexibility index (Phi) is 6.36. The molecule has 119 valence electrons. The van der Waals surface area contributed by atoms with Gasteiger partial charge in [-0.25, -0.2) is 9.36 Å². The van der Waals surface area contributed by atoms with E-state index in [-0.39, 0.29) is 48.1 Å². The molecule has 0 aliphatic carbocycles. The number of hydrogen-bond acceptors (Lipinski definition) is 6. The zero-order valence-electron chi connectivity index (χ0n) is 12.1. The summed E-state index contributed by atoms with van der Waals surface area (Å²) < 4.78 is 21.6. The number of aryl methyl sites for hydroxylation is 1. The second kappa shape index (κ2) is 7.08. The fourth-order valence-corrected chi connectivity index (χ4v) is 2.35. The zero-order valence-corrected chi connectivity index (χ0v) is 14.9. The van der Waals surface area contributed by atoms with Gasteiger partial charge in [-0.3, -0.25) is 14.3 Å². The van der Waals surface area contributed by atoms with Crippen LogP contribution in [0.1, 0.15) is 12.0 Å². The van der Waals surface area contributed by atoms with Crippen LogP contribution in [-0.4, -0.2) is 73.1 Å². The summed E-state index contributed by atoms with van der Waals surface area (Å²) in [6, 6.07) is 0. The molecule has 1 saturated heterocycles. The molecule has 0 bridgehead atoms. The quantitative estimate of drug-likeness (QED) is 0.362. The van der Waals surface area contributed by atoms with Gasteiger partial charge in [-0.15, -0.1) is 0 Å². The van der Waals surface area contributed by atoms with Crippen LogP contribution in [0.4, 0.5) is 0 Å². The standard InChI is InChI=1S/C10H15N2O8P.Na/c1-6-3-12(9(14)11-8(6)13)10(15)2-7(4-20-10)19-5-21(16,17)18;/h3,7,15H,2,4-5H2,1H3,(H,11,13,14)(H2,16,17,18);/t7-,10?;/m1./s1. The Labute approximate surface area is 146 Å². The summed E-state index contributed by atoms with van der Waals surface area (Å²) in [6.07, 6.45) is -0.663. The summed E-state index contributed by atoms with van der Waals surface area (Å²) in [5, 5.41) is 10.3. The maximum atomic E-state index is 11.7. The van der Waals surface area contributed by atoms with E-state index in [9.17, 15) is 19.3 Å². The summed E-state index contributed by atoms with van der Waals surface area (Å²) in [7, 11) is -4.33. The minimum atomic E-state index is -4.33. The Morgan fingerprint density at radius 2 is 2.18 bits per heavy atom. The van der Waals surface area contributed by atoms with Crippen molar-refractivity contribution in [2.24, 2.45) is 0 Å². The molecule has 1 radical (unpaired) electrons. The van der Waals surface area contributed by atoms with E-state index in [1.54, 1.807) is 0 Å². The molecule has 0 amide bonds. The van der Waals surface area contributed by atoms with Crippen LogP contribution in [-0.2, 0) is 19.9 Å². The number of ether oxygens (including phenoxy) is 2. The van der Waals surface area contributed by atoms with Crippen LogP contribution in [0.3, 0.4) is 0 Å². The van der Waals surface area contributed by atoms with E-state index < -0.39 is 37.2 Å². The van der Waals surface area contributed by atoms with Gasteiger partial charge in [0.15, 0.2) is 0 Å². The van der Waals surface area contributed by atoms with Gasteiger partial charge < -0.3 is 24.4 Å². The third-order valence-electron chi connectivity index (χ3n) is 2.97. The van der Waals surface area contributed by atoms with Crippen LogP contribution < -0.4 is 11.2 Å². The predicted molar refractivity (Wildman–Crippen MR) is 74.4 cm³/mol. The van der Waals surface area contributed by atoms with E-state index in [1.807, 2.05) is 4.98 Å². The summed E-state index contributed by atoms with van der Waals surface area (Å²) in [6.45, 7) is 1.30. The van der Waals surface area contributed by atoms with Crippen LogP contribution in [0.2, 0.25) is 0 Å². The predicted octanol–water partition coefficient (Wildman–Crippen LogP) is -1.99. The average molecular weight is 345 g/mol. The van der Waals surface area contributed by atoms with Crippen LogP contribution >= 0.6 is 7.60 Å². The molecular formula is C10H15N2NaO8P. The molecule has 2 heterocycles. The SMILES string of the molecule is Cc1cn(C2(O)C[C@@H](OCP(=O)(O)O)CO2)c(=O)[nH]c1=O.[Na]. The number of nitrogens with zero attached hydrogens (tertiary/aromatic N) is 1. The molecule has 12 heteroatoms. The van der Waals surface area contributed by atoms with Gasteiger partial charge in [0.2, 0.25) is 0 Å². The normalized spacial score (nSPS) is 25.0. The number of hydrogen-bond donors (Lipinski definition) is 4. The van der Waals surface area contributed by atoms with Gasteiger partial charge >= 0.3 is 13.3 Å². The molecule has 0 spiro atoms. The molecule has 1 aromatic rings. The van der Waals surface area contributed by atoms with Gasteiger partial charge in [-0.05, 0) is 6.92 Å². The van der Waals surface area contributed by atoms with E-state index in [0.717, 1.165) is 10.8 Å². The fraction of sp³-hybridized carbons (Fsp3) is 0.600. The van der Waals surface area contributed by atoms with Crippen molar-refractivity contribution < 1.29 is 28.9 Å². The van der Waals surface area contributed by atoms with Gasteiger partial charge in [-0.2, -0.15) is 0 Å². The number of aromatic nitrogens is 2. The summed E-state index contributed by atoms with van der Waals surface area (Å²) in [4.78, 5) is 42.5. The van der Waals surface area contributed by atoms with Crippen molar-refractivity contribution in [1.29, 1.82) is 0 Å². The zero-order chi connectivity index (χ0) is 15.8. The number of aromatic amines is 1. The van der Waals surface area contributed by atoms with E-state index in [0.29, 0.717) is 0 Å². The maximum Gasteiger partial charge on any atom is 0.350 e. The van der Waals surface area contributed by atoms with Crippen LogP contribution in [0.5, 0.6) is 0 Å². The van der Waals surface area contributed by atoms with Crippen LogP contribution in [0, 0.1) is 6.92 Å². The molecular weight excluding hydrogens is 330 g/mol. The van der Waals surface area contributed by atoms with E-state index in [4.69, 9.17) is 19.3 Å². The van der Waals surface area contributed by atoms with Gasteiger partial charge in [0, 0.05) is 41.3 Å². The Morgan fingerprint density at radius 3 is 2.77 bits per heavy atom. The third-order valence-corrected chi connectivity index (χ3v) is 3.45. The molecule has 0 saturated carbocycles. The molecule has 22 heavy (non-hydrogen) atoms. The summed E-state index contributed by atoms with van der Waals surface area (Å²) in [5.41, 5.74) is -1.23. The first-order valence-corrected chi connectivity index (χ1v) is 7.76. The molecule has 2 atom stereocenters. The Morgan fingerprint density at radius 1 is 1.55 bits per heavy atom. The smallest absolute Gasteiger partial charge is 0.350 e. The molecule has 1 aliphatic rings. The molecule has 1 aliphatic heterocycles. The molecule has 4 N–H and O–H groups in total. The largest absolute Gasteiger partial charge is 0.363 e. The van der Waals surface area contributed by atoms with Gasteiger partial charge in [0.1, 0.15) is 6.35 Å². The first kappa shape index (κ1) is 19.8. The molecule has 0 aromatic carbocycles. The maximum absolute atomic E-state index is 11.7. The summed E-state index contributed by atoms with van der Waals surface area (Å²) in [5.74, 6) is -2.04.